The van der Waals surface area contributed by atoms with E-state index in [0.29, 0.717) is 0 Å². The third-order valence-electron chi connectivity index (χ3n) is 11.0. The second-order valence-corrected chi connectivity index (χ2v) is 15.0. The second-order valence-electron chi connectivity index (χ2n) is 14.0. The van der Waals surface area contributed by atoms with Crippen LogP contribution in [-0.2, 0) is 0 Å². The topological polar surface area (TPSA) is 35.9 Å². The maximum Gasteiger partial charge on any atom is 0.159 e. The first-order chi connectivity index (χ1) is 26.8. The normalized spacial score (nSPS) is 12.1. The third kappa shape index (κ3) is 4.27. The minimum absolute atomic E-state index is 0.901. The molecular weight excluding hydrogens is 679 g/mol. The van der Waals surface area contributed by atoms with Crippen LogP contribution < -0.4 is 0 Å². The second kappa shape index (κ2) is 11.3. The molecule has 4 nitrogen and oxygen atoms in total. The molecule has 0 unspecified atom stereocenters. The van der Waals surface area contributed by atoms with Crippen LogP contribution in [-0.4, -0.2) is 14.1 Å². The van der Waals surface area contributed by atoms with Crippen molar-refractivity contribution >= 4 is 87.1 Å². The van der Waals surface area contributed by atoms with Gasteiger partial charge < -0.3 is 13.6 Å². The van der Waals surface area contributed by atoms with Crippen LogP contribution in [0.2, 0.25) is 0 Å². The summed E-state index contributed by atoms with van der Waals surface area (Å²) in [6, 6.07) is 63.1. The van der Waals surface area contributed by atoms with E-state index in [4.69, 9.17) is 9.40 Å². The Labute approximate surface area is 313 Å². The van der Waals surface area contributed by atoms with E-state index >= 15 is 0 Å². The molecule has 252 valence electrons. The number of furan rings is 1. The molecule has 0 aliphatic carbocycles. The van der Waals surface area contributed by atoms with E-state index in [-0.39, 0.29) is 0 Å². The van der Waals surface area contributed by atoms with E-state index in [2.05, 4.69) is 167 Å². The van der Waals surface area contributed by atoms with Crippen molar-refractivity contribution in [2.45, 2.75) is 0 Å². The van der Waals surface area contributed by atoms with Gasteiger partial charge in [0, 0.05) is 43.6 Å². The van der Waals surface area contributed by atoms with Gasteiger partial charge in [0.1, 0.15) is 10.6 Å². The van der Waals surface area contributed by atoms with E-state index in [1.54, 1.807) is 11.3 Å². The Morgan fingerprint density at radius 1 is 0.426 bits per heavy atom. The quantitative estimate of drug-likeness (QED) is 0.183. The molecule has 0 aliphatic heterocycles. The summed E-state index contributed by atoms with van der Waals surface area (Å²) in [7, 11) is 0. The summed E-state index contributed by atoms with van der Waals surface area (Å²) >= 11 is 1.74. The van der Waals surface area contributed by atoms with Gasteiger partial charge in [-0.1, -0.05) is 109 Å². The van der Waals surface area contributed by atoms with Gasteiger partial charge in [0.2, 0.25) is 0 Å². The van der Waals surface area contributed by atoms with Crippen molar-refractivity contribution < 1.29 is 4.42 Å². The van der Waals surface area contributed by atoms with Crippen molar-refractivity contribution in [2.24, 2.45) is 0 Å². The van der Waals surface area contributed by atoms with E-state index in [1.807, 2.05) is 18.2 Å². The molecule has 0 N–H and O–H groups in total. The Morgan fingerprint density at radius 2 is 1.04 bits per heavy atom. The molecule has 0 radical (unpaired) electrons. The minimum atomic E-state index is 0.901. The Bertz CT molecular complexity index is 3450. The monoisotopic (exact) mass is 707 g/mol. The number of hydrogen-bond acceptors (Lipinski definition) is 3. The summed E-state index contributed by atoms with van der Waals surface area (Å²) in [4.78, 5) is 4.96. The molecule has 4 aromatic heterocycles. The minimum Gasteiger partial charge on any atom is -0.454 e. The molecule has 0 fully saturated rings. The Morgan fingerprint density at radius 3 is 1.80 bits per heavy atom. The third-order valence-corrected chi connectivity index (χ3v) is 12.0. The van der Waals surface area contributed by atoms with Crippen LogP contribution in [0.3, 0.4) is 0 Å². The van der Waals surface area contributed by atoms with Crippen LogP contribution in [0, 0.1) is 0 Å². The first-order valence-corrected chi connectivity index (χ1v) is 19.0. The zero-order chi connectivity index (χ0) is 35.3. The first kappa shape index (κ1) is 29.6. The zero-order valence-electron chi connectivity index (χ0n) is 28.9. The molecule has 0 saturated heterocycles. The lowest BCUT2D eigenvalue weighted by Crippen LogP contribution is -1.94. The lowest BCUT2D eigenvalue weighted by atomic mass is 10.0. The predicted octanol–water partition coefficient (Wildman–Crippen LogP) is 13.7. The number of aromatic nitrogens is 3. The summed E-state index contributed by atoms with van der Waals surface area (Å²) < 4.78 is 12.5. The van der Waals surface area contributed by atoms with Crippen molar-refractivity contribution in [3.05, 3.63) is 176 Å². The van der Waals surface area contributed by atoms with Gasteiger partial charge in [-0.05, 0) is 77.9 Å². The number of nitrogens with zero attached hydrogens (tertiary/aromatic N) is 3. The largest absolute Gasteiger partial charge is 0.454 e. The standard InChI is InChI=1S/C49H29N3OS/c1-2-11-30(12-3-1)49-50-40-24-23-33(29-47(40)54-49)51-41-17-7-4-13-34(41)38-27-31(21-25-43(38)51)32-22-26-44-39(28-32)35-14-5-8-18-42(35)52(44)45-19-10-16-37-36-15-6-9-20-46(36)53-48(37)45/h1-29H. The van der Waals surface area contributed by atoms with Gasteiger partial charge in [-0.3, -0.25) is 0 Å². The van der Waals surface area contributed by atoms with Crippen molar-refractivity contribution in [1.82, 2.24) is 14.1 Å². The predicted molar refractivity (Wildman–Crippen MR) is 226 cm³/mol. The molecule has 0 amide bonds. The number of hydrogen-bond donors (Lipinski definition) is 0. The fourth-order valence-electron chi connectivity index (χ4n) is 8.51. The summed E-state index contributed by atoms with van der Waals surface area (Å²) in [6.07, 6.45) is 0. The smallest absolute Gasteiger partial charge is 0.159 e. The fourth-order valence-corrected chi connectivity index (χ4v) is 9.51. The SMILES string of the molecule is c1ccc(-c2nc3ccc(-n4c5ccccc5c5cc(-c6ccc7c(c6)c6ccccc6n7-c6cccc7c6oc6ccccc67)ccc54)cc3s2)cc1. The lowest BCUT2D eigenvalue weighted by Gasteiger charge is -2.10. The average molecular weight is 708 g/mol. The van der Waals surface area contributed by atoms with Crippen LogP contribution in [0.25, 0.3) is 109 Å². The molecule has 12 rings (SSSR count). The van der Waals surface area contributed by atoms with E-state index in [1.165, 1.54) is 48.4 Å². The molecular formula is C49H29N3OS. The number of rotatable bonds is 4. The van der Waals surface area contributed by atoms with Crippen LogP contribution in [0.1, 0.15) is 0 Å². The fraction of sp³-hybridized carbons (Fsp3) is 0. The molecule has 0 saturated carbocycles. The van der Waals surface area contributed by atoms with Gasteiger partial charge in [-0.2, -0.15) is 0 Å². The molecule has 8 aromatic carbocycles. The van der Waals surface area contributed by atoms with Crippen molar-refractivity contribution in [3.8, 4) is 33.1 Å². The highest BCUT2D eigenvalue weighted by Gasteiger charge is 2.19. The van der Waals surface area contributed by atoms with Crippen LogP contribution in [0.4, 0.5) is 0 Å². The van der Waals surface area contributed by atoms with Crippen molar-refractivity contribution in [2.75, 3.05) is 0 Å². The van der Waals surface area contributed by atoms with Gasteiger partial charge in [0.25, 0.3) is 0 Å². The van der Waals surface area contributed by atoms with Gasteiger partial charge in [-0.15, -0.1) is 11.3 Å². The van der Waals surface area contributed by atoms with Gasteiger partial charge >= 0.3 is 0 Å². The number of thiazole rings is 1. The summed E-state index contributed by atoms with van der Waals surface area (Å²) in [5.41, 5.74) is 13.2. The number of fused-ring (bicyclic) bond motifs is 10. The molecule has 4 heterocycles. The van der Waals surface area contributed by atoms with Crippen molar-refractivity contribution in [1.29, 1.82) is 0 Å². The Kier molecular flexibility index (Phi) is 6.18. The summed E-state index contributed by atoms with van der Waals surface area (Å²) in [6.45, 7) is 0. The molecule has 0 aliphatic rings. The highest BCUT2D eigenvalue weighted by atomic mass is 32.1. The Balaban J connectivity index is 1.02. The molecule has 12 aromatic rings. The molecule has 54 heavy (non-hydrogen) atoms. The summed E-state index contributed by atoms with van der Waals surface area (Å²) in [5.74, 6) is 0. The van der Waals surface area contributed by atoms with Crippen LogP contribution >= 0.6 is 11.3 Å². The van der Waals surface area contributed by atoms with Crippen molar-refractivity contribution in [3.63, 3.8) is 0 Å². The molecule has 0 spiro atoms. The van der Waals surface area contributed by atoms with E-state index < -0.39 is 0 Å². The average Bonchev–Trinajstić information content (AvgIpc) is 4.00. The lowest BCUT2D eigenvalue weighted by molar-refractivity contribution is 0.666. The summed E-state index contributed by atoms with van der Waals surface area (Å²) in [5, 5.41) is 8.20. The Hall–Kier alpha value is -6.95. The highest BCUT2D eigenvalue weighted by Crippen LogP contribution is 2.41. The van der Waals surface area contributed by atoms with Gasteiger partial charge in [-0.25, -0.2) is 4.98 Å². The number of benzene rings is 8. The molecule has 0 atom stereocenters. The maximum atomic E-state index is 6.52. The van der Waals surface area contributed by atoms with E-state index in [0.717, 1.165) is 60.4 Å². The molecule has 5 heteroatoms. The van der Waals surface area contributed by atoms with Crippen LogP contribution in [0.15, 0.2) is 180 Å². The molecule has 0 bridgehead atoms. The van der Waals surface area contributed by atoms with Crippen LogP contribution in [0.5, 0.6) is 0 Å². The zero-order valence-corrected chi connectivity index (χ0v) is 29.7. The number of para-hydroxylation sites is 4. The maximum absolute atomic E-state index is 6.52. The first-order valence-electron chi connectivity index (χ1n) is 18.2. The van der Waals surface area contributed by atoms with Gasteiger partial charge in [0.15, 0.2) is 5.58 Å². The van der Waals surface area contributed by atoms with Gasteiger partial charge in [0.05, 0.1) is 38.0 Å². The van der Waals surface area contributed by atoms with E-state index in [9.17, 15) is 0 Å². The highest BCUT2D eigenvalue weighted by molar-refractivity contribution is 7.21.